The minimum atomic E-state index is -0.928. The van der Waals surface area contributed by atoms with Crippen molar-refractivity contribution < 1.29 is 14.7 Å². The third-order valence-electron chi connectivity index (χ3n) is 1.80. The van der Waals surface area contributed by atoms with E-state index in [1.165, 1.54) is 18.7 Å². The van der Waals surface area contributed by atoms with Crippen molar-refractivity contribution in [2.75, 3.05) is 6.54 Å². The highest BCUT2D eigenvalue weighted by atomic mass is 16.4. The van der Waals surface area contributed by atoms with Gasteiger partial charge in [-0.2, -0.15) is 0 Å². The number of nitrogens with zero attached hydrogens (tertiary/aromatic N) is 1. The molecule has 0 spiro atoms. The summed E-state index contributed by atoms with van der Waals surface area (Å²) in [5.74, 6) is -1.10. The molecule has 0 bridgehead atoms. The third-order valence-corrected chi connectivity index (χ3v) is 1.80. The normalized spacial score (nSPS) is 30.0. The Kier molecular flexibility index (Phi) is 1.21. The Bertz CT molecular complexity index is 201. The Balaban J connectivity index is 2.65. The van der Waals surface area contributed by atoms with Crippen LogP contribution < -0.4 is 0 Å². The zero-order valence-corrected chi connectivity index (χ0v) is 5.92. The van der Waals surface area contributed by atoms with Crippen LogP contribution in [0.2, 0.25) is 0 Å². The first-order chi connectivity index (χ1) is 4.48. The van der Waals surface area contributed by atoms with Crippen molar-refractivity contribution in [2.24, 2.45) is 0 Å². The van der Waals surface area contributed by atoms with Crippen molar-refractivity contribution in [3.05, 3.63) is 0 Å². The highest BCUT2D eigenvalue weighted by Gasteiger charge is 2.56. The number of hydrogen-bond donors (Lipinski definition) is 1. The predicted molar refractivity (Wildman–Crippen MR) is 33.4 cm³/mol. The fraction of sp³-hybridized carbons (Fsp3) is 0.667. The highest BCUT2D eigenvalue weighted by Crippen LogP contribution is 2.31. The minimum absolute atomic E-state index is 0.176. The summed E-state index contributed by atoms with van der Waals surface area (Å²) in [4.78, 5) is 22.3. The lowest BCUT2D eigenvalue weighted by atomic mass is 10.2. The van der Waals surface area contributed by atoms with Crippen LogP contribution in [0.3, 0.4) is 0 Å². The van der Waals surface area contributed by atoms with Crippen LogP contribution in [0.4, 0.5) is 0 Å². The van der Waals surface area contributed by atoms with Gasteiger partial charge in [-0.05, 0) is 6.92 Å². The molecule has 1 fully saturated rings. The molecule has 1 atom stereocenters. The van der Waals surface area contributed by atoms with Crippen LogP contribution in [0.25, 0.3) is 0 Å². The molecule has 0 aliphatic carbocycles. The molecular weight excluding hydrogens is 134 g/mol. The van der Waals surface area contributed by atoms with Crippen molar-refractivity contribution in [3.8, 4) is 0 Å². The second-order valence-corrected chi connectivity index (χ2v) is 2.68. The van der Waals surface area contributed by atoms with Crippen LogP contribution in [0.1, 0.15) is 13.8 Å². The SMILES string of the molecule is CC(=O)N1CC1(C)C(=O)O. The Labute approximate surface area is 58.4 Å². The van der Waals surface area contributed by atoms with Gasteiger partial charge in [0, 0.05) is 6.92 Å². The van der Waals surface area contributed by atoms with Gasteiger partial charge >= 0.3 is 5.97 Å². The smallest absolute Gasteiger partial charge is 0.331 e. The number of carbonyl (C=O) groups is 2. The molecule has 1 heterocycles. The lowest BCUT2D eigenvalue weighted by molar-refractivity contribution is -0.143. The second kappa shape index (κ2) is 1.71. The second-order valence-electron chi connectivity index (χ2n) is 2.68. The average molecular weight is 143 g/mol. The van der Waals surface area contributed by atoms with Gasteiger partial charge in [0.2, 0.25) is 5.91 Å². The molecule has 56 valence electrons. The van der Waals surface area contributed by atoms with Gasteiger partial charge in [-0.1, -0.05) is 0 Å². The number of rotatable bonds is 1. The third kappa shape index (κ3) is 0.761. The van der Waals surface area contributed by atoms with Crippen LogP contribution in [0.5, 0.6) is 0 Å². The van der Waals surface area contributed by atoms with E-state index in [0.717, 1.165) is 0 Å². The molecule has 0 radical (unpaired) electrons. The molecule has 0 aromatic rings. The van der Waals surface area contributed by atoms with Crippen molar-refractivity contribution >= 4 is 11.9 Å². The lowest BCUT2D eigenvalue weighted by Crippen LogP contribution is -2.27. The maximum absolute atomic E-state index is 10.6. The van der Waals surface area contributed by atoms with E-state index < -0.39 is 11.5 Å². The molecule has 0 saturated carbocycles. The molecule has 1 amide bonds. The van der Waals surface area contributed by atoms with E-state index in [9.17, 15) is 9.59 Å². The summed E-state index contributed by atoms with van der Waals surface area (Å²) >= 11 is 0. The van der Waals surface area contributed by atoms with Crippen LogP contribution in [0.15, 0.2) is 0 Å². The summed E-state index contributed by atoms with van der Waals surface area (Å²) in [7, 11) is 0. The zero-order chi connectivity index (χ0) is 7.94. The van der Waals surface area contributed by atoms with Gasteiger partial charge in [0.25, 0.3) is 0 Å². The van der Waals surface area contributed by atoms with Gasteiger partial charge in [0.15, 0.2) is 5.54 Å². The van der Waals surface area contributed by atoms with E-state index in [-0.39, 0.29) is 5.91 Å². The molecule has 1 N–H and O–H groups in total. The molecule has 1 aliphatic heterocycles. The van der Waals surface area contributed by atoms with E-state index in [1.807, 2.05) is 0 Å². The van der Waals surface area contributed by atoms with Gasteiger partial charge in [0.05, 0.1) is 6.54 Å². The molecule has 1 saturated heterocycles. The summed E-state index contributed by atoms with van der Waals surface area (Å²) in [5.41, 5.74) is -0.911. The molecular formula is C6H9NO3. The Morgan fingerprint density at radius 1 is 1.60 bits per heavy atom. The molecule has 4 heteroatoms. The molecule has 0 aromatic carbocycles. The van der Waals surface area contributed by atoms with E-state index in [2.05, 4.69) is 0 Å². The quantitative estimate of drug-likeness (QED) is 0.512. The van der Waals surface area contributed by atoms with E-state index in [0.29, 0.717) is 6.54 Å². The standard InChI is InChI=1S/C6H9NO3/c1-4(8)7-3-6(7,2)5(9)10/h3H2,1-2H3,(H,9,10). The van der Waals surface area contributed by atoms with E-state index in [1.54, 1.807) is 0 Å². The maximum atomic E-state index is 10.6. The van der Waals surface area contributed by atoms with E-state index in [4.69, 9.17) is 5.11 Å². The van der Waals surface area contributed by atoms with Gasteiger partial charge in [-0.25, -0.2) is 4.79 Å². The fourth-order valence-electron chi connectivity index (χ4n) is 0.914. The van der Waals surface area contributed by atoms with Crippen molar-refractivity contribution in [2.45, 2.75) is 19.4 Å². The fourth-order valence-corrected chi connectivity index (χ4v) is 0.914. The number of amides is 1. The Hall–Kier alpha value is -1.06. The van der Waals surface area contributed by atoms with Crippen molar-refractivity contribution in [3.63, 3.8) is 0 Å². The zero-order valence-electron chi connectivity index (χ0n) is 5.92. The molecule has 10 heavy (non-hydrogen) atoms. The number of hydrogen-bond acceptors (Lipinski definition) is 2. The summed E-state index contributed by atoms with van der Waals surface area (Å²) in [6.07, 6.45) is 0. The van der Waals surface area contributed by atoms with Gasteiger partial charge in [0.1, 0.15) is 0 Å². The summed E-state index contributed by atoms with van der Waals surface area (Å²) in [5, 5.41) is 8.54. The topological polar surface area (TPSA) is 57.4 Å². The molecule has 1 unspecified atom stereocenters. The van der Waals surface area contributed by atoms with Gasteiger partial charge in [-0.3, -0.25) is 4.79 Å². The molecule has 1 rings (SSSR count). The largest absolute Gasteiger partial charge is 0.479 e. The Morgan fingerprint density at radius 2 is 2.10 bits per heavy atom. The number of aliphatic carboxylic acids is 1. The minimum Gasteiger partial charge on any atom is -0.479 e. The number of carboxylic acid groups (broad SMARTS) is 1. The number of carboxylic acids is 1. The monoisotopic (exact) mass is 143 g/mol. The first-order valence-electron chi connectivity index (χ1n) is 3.00. The molecule has 4 nitrogen and oxygen atoms in total. The summed E-state index contributed by atoms with van der Waals surface area (Å²) in [6.45, 7) is 3.25. The Morgan fingerprint density at radius 3 is 2.20 bits per heavy atom. The van der Waals surface area contributed by atoms with Crippen LogP contribution in [-0.2, 0) is 9.59 Å². The maximum Gasteiger partial charge on any atom is 0.331 e. The predicted octanol–water partition coefficient (Wildman–Crippen LogP) is -0.308. The molecule has 1 aliphatic rings. The first kappa shape index (κ1) is 7.05. The van der Waals surface area contributed by atoms with E-state index >= 15 is 0 Å². The van der Waals surface area contributed by atoms with Crippen molar-refractivity contribution in [1.29, 1.82) is 0 Å². The van der Waals surface area contributed by atoms with Gasteiger partial charge in [-0.15, -0.1) is 0 Å². The van der Waals surface area contributed by atoms with Crippen LogP contribution in [-0.4, -0.2) is 34.0 Å². The molecule has 0 aromatic heterocycles. The summed E-state index contributed by atoms with van der Waals surface area (Å²) in [6, 6.07) is 0. The average Bonchev–Trinajstić information content (AvgIpc) is 2.43. The highest BCUT2D eigenvalue weighted by molar-refractivity contribution is 5.91. The summed E-state index contributed by atoms with van der Waals surface area (Å²) < 4.78 is 0. The number of carbonyl (C=O) groups excluding carboxylic acids is 1. The van der Waals surface area contributed by atoms with Crippen LogP contribution in [0, 0.1) is 0 Å². The lowest BCUT2D eigenvalue weighted by Gasteiger charge is -2.02. The van der Waals surface area contributed by atoms with Crippen LogP contribution >= 0.6 is 0 Å². The first-order valence-corrected chi connectivity index (χ1v) is 3.00. The van der Waals surface area contributed by atoms with Crippen molar-refractivity contribution in [1.82, 2.24) is 4.90 Å². The van der Waals surface area contributed by atoms with Gasteiger partial charge < -0.3 is 10.0 Å².